The third kappa shape index (κ3) is 6.68. The summed E-state index contributed by atoms with van der Waals surface area (Å²) in [4.78, 5) is 11.2. The minimum atomic E-state index is -0.565. The van der Waals surface area contributed by atoms with Gasteiger partial charge in [0.25, 0.3) is 0 Å². The number of methoxy groups -OCH3 is 1. The highest BCUT2D eigenvalue weighted by atomic mass is 35.5. The predicted octanol–water partition coefficient (Wildman–Crippen LogP) is 5.32. The Morgan fingerprint density at radius 1 is 1.16 bits per heavy atom. The van der Waals surface area contributed by atoms with Crippen molar-refractivity contribution in [3.8, 4) is 0 Å². The highest BCUT2D eigenvalue weighted by molar-refractivity contribution is 6.21. The van der Waals surface area contributed by atoms with Crippen LogP contribution in [0.1, 0.15) is 60.8 Å². The Morgan fingerprint density at radius 2 is 1.88 bits per heavy atom. The smallest absolute Gasteiger partial charge is 0.305 e. The highest BCUT2D eigenvalue weighted by Crippen LogP contribution is 2.45. The molecule has 0 heterocycles. The molecule has 5 atom stereocenters. The van der Waals surface area contributed by atoms with E-state index in [0.717, 1.165) is 36.0 Å². The number of alkyl halides is 1. The number of hydrogen-bond acceptors (Lipinski definition) is 4. The number of esters is 1. The molecular formula is C27H33ClO4. The van der Waals surface area contributed by atoms with Gasteiger partial charge >= 0.3 is 5.97 Å². The van der Waals surface area contributed by atoms with Crippen molar-refractivity contribution in [2.45, 2.75) is 62.0 Å². The van der Waals surface area contributed by atoms with Gasteiger partial charge in [-0.1, -0.05) is 66.7 Å². The second kappa shape index (κ2) is 12.2. The number of halogens is 1. The molecule has 1 fully saturated rings. The molecule has 0 saturated heterocycles. The molecule has 0 radical (unpaired) electrons. The molecule has 0 aliphatic heterocycles. The van der Waals surface area contributed by atoms with Crippen molar-refractivity contribution in [3.05, 3.63) is 83.4 Å². The van der Waals surface area contributed by atoms with Gasteiger partial charge < -0.3 is 14.9 Å². The van der Waals surface area contributed by atoms with Gasteiger partial charge in [-0.3, -0.25) is 4.79 Å². The zero-order valence-electron chi connectivity index (χ0n) is 18.6. The molecule has 1 aliphatic carbocycles. The molecule has 2 aromatic carbocycles. The molecule has 2 aromatic rings. The average Bonchev–Trinajstić information content (AvgIpc) is 3.09. The van der Waals surface area contributed by atoms with Crippen LogP contribution in [0.5, 0.6) is 0 Å². The number of carbonyl (C=O) groups excluding carboxylic acids is 1. The Labute approximate surface area is 195 Å². The number of allylic oxidation sites excluding steroid dienone is 2. The normalized spacial score (nSPS) is 24.0. The lowest BCUT2D eigenvalue weighted by molar-refractivity contribution is -0.140. The lowest BCUT2D eigenvalue weighted by Crippen LogP contribution is -2.18. The summed E-state index contributed by atoms with van der Waals surface area (Å²) in [5.74, 6) is -0.0725. The van der Waals surface area contributed by atoms with Gasteiger partial charge in [0, 0.05) is 24.1 Å². The summed E-state index contributed by atoms with van der Waals surface area (Å²) in [6, 6.07) is 17.9. The van der Waals surface area contributed by atoms with Crippen LogP contribution in [0, 0.1) is 5.92 Å². The van der Waals surface area contributed by atoms with Gasteiger partial charge in [-0.05, 0) is 48.3 Å². The van der Waals surface area contributed by atoms with E-state index in [9.17, 15) is 15.0 Å². The van der Waals surface area contributed by atoms with Crippen LogP contribution in [0.15, 0.2) is 66.7 Å². The average molecular weight is 457 g/mol. The van der Waals surface area contributed by atoms with Crippen LogP contribution in [-0.2, 0) is 16.0 Å². The summed E-state index contributed by atoms with van der Waals surface area (Å²) in [6.07, 6.45) is 7.08. The van der Waals surface area contributed by atoms with Crippen molar-refractivity contribution in [2.24, 2.45) is 5.92 Å². The number of rotatable bonds is 10. The van der Waals surface area contributed by atoms with Gasteiger partial charge in [-0.2, -0.15) is 0 Å². The molecule has 2 N–H and O–H groups in total. The SMILES string of the molecule is COC(=O)CCC/C=C\C[C@@H]1[C@@H](c2ccc(C(O)Cc3ccccc3)cc2)[C@H](O)C[C@H]1Cl. The molecule has 3 rings (SSSR count). The minimum absolute atomic E-state index is 0.0301. The van der Waals surface area contributed by atoms with E-state index >= 15 is 0 Å². The van der Waals surface area contributed by atoms with E-state index in [1.54, 1.807) is 0 Å². The van der Waals surface area contributed by atoms with Crippen molar-refractivity contribution >= 4 is 17.6 Å². The van der Waals surface area contributed by atoms with Gasteiger partial charge in [-0.25, -0.2) is 0 Å². The number of aliphatic hydroxyl groups excluding tert-OH is 2. The summed E-state index contributed by atoms with van der Waals surface area (Å²) in [5, 5.41) is 21.2. The zero-order valence-corrected chi connectivity index (χ0v) is 19.3. The van der Waals surface area contributed by atoms with E-state index in [4.69, 9.17) is 11.6 Å². The largest absolute Gasteiger partial charge is 0.469 e. The van der Waals surface area contributed by atoms with Gasteiger partial charge in [0.05, 0.1) is 19.3 Å². The van der Waals surface area contributed by atoms with Crippen molar-refractivity contribution in [1.29, 1.82) is 0 Å². The fourth-order valence-electron chi connectivity index (χ4n) is 4.56. The minimum Gasteiger partial charge on any atom is -0.469 e. The molecule has 0 aromatic heterocycles. The Morgan fingerprint density at radius 3 is 2.56 bits per heavy atom. The first-order chi connectivity index (χ1) is 15.5. The monoisotopic (exact) mass is 456 g/mol. The van der Waals surface area contributed by atoms with Crippen molar-refractivity contribution in [3.63, 3.8) is 0 Å². The maximum Gasteiger partial charge on any atom is 0.305 e. The molecule has 4 nitrogen and oxygen atoms in total. The third-order valence-corrected chi connectivity index (χ3v) is 6.84. The van der Waals surface area contributed by atoms with Gasteiger partial charge in [-0.15, -0.1) is 11.6 Å². The molecule has 172 valence electrons. The molecule has 0 spiro atoms. The summed E-state index contributed by atoms with van der Waals surface area (Å²) < 4.78 is 4.66. The number of ether oxygens (including phenoxy) is 1. The van der Waals surface area contributed by atoms with Crippen molar-refractivity contribution < 1.29 is 19.7 Å². The number of aliphatic hydroxyl groups is 2. The number of hydrogen-bond donors (Lipinski definition) is 2. The Hall–Kier alpha value is -2.14. The Balaban J connectivity index is 1.59. The van der Waals surface area contributed by atoms with E-state index in [0.29, 0.717) is 19.3 Å². The van der Waals surface area contributed by atoms with E-state index in [2.05, 4.69) is 16.9 Å². The van der Waals surface area contributed by atoms with E-state index in [-0.39, 0.29) is 23.2 Å². The number of unbranched alkanes of at least 4 members (excludes halogenated alkanes) is 1. The van der Waals surface area contributed by atoms with Crippen LogP contribution in [0.25, 0.3) is 0 Å². The van der Waals surface area contributed by atoms with Crippen molar-refractivity contribution in [2.75, 3.05) is 7.11 Å². The fraction of sp³-hybridized carbons (Fsp3) is 0.444. The van der Waals surface area contributed by atoms with E-state index in [1.807, 2.05) is 54.6 Å². The Bertz CT molecular complexity index is 865. The summed E-state index contributed by atoms with van der Waals surface area (Å²) in [5.41, 5.74) is 3.02. The summed E-state index contributed by atoms with van der Waals surface area (Å²) in [6.45, 7) is 0. The molecular weight excluding hydrogens is 424 g/mol. The first-order valence-electron chi connectivity index (χ1n) is 11.4. The lowest BCUT2D eigenvalue weighted by Gasteiger charge is -2.23. The van der Waals surface area contributed by atoms with Crippen LogP contribution in [0.4, 0.5) is 0 Å². The number of benzene rings is 2. The first kappa shape index (κ1) is 24.5. The van der Waals surface area contributed by atoms with Crippen LogP contribution >= 0.6 is 11.6 Å². The van der Waals surface area contributed by atoms with E-state index in [1.165, 1.54) is 7.11 Å². The molecule has 1 saturated carbocycles. The highest BCUT2D eigenvalue weighted by Gasteiger charge is 2.41. The second-order valence-corrected chi connectivity index (χ2v) is 9.12. The van der Waals surface area contributed by atoms with Crippen LogP contribution < -0.4 is 0 Å². The van der Waals surface area contributed by atoms with Crippen LogP contribution in [0.2, 0.25) is 0 Å². The lowest BCUT2D eigenvalue weighted by atomic mass is 9.84. The maximum absolute atomic E-state index is 11.2. The molecule has 5 heteroatoms. The van der Waals surface area contributed by atoms with Gasteiger partial charge in [0.1, 0.15) is 0 Å². The number of carbonyl (C=O) groups is 1. The molecule has 32 heavy (non-hydrogen) atoms. The van der Waals surface area contributed by atoms with Gasteiger partial charge in [0.15, 0.2) is 0 Å². The summed E-state index contributed by atoms with van der Waals surface area (Å²) >= 11 is 6.60. The Kier molecular flexibility index (Phi) is 9.34. The third-order valence-electron chi connectivity index (χ3n) is 6.34. The van der Waals surface area contributed by atoms with Crippen LogP contribution in [0.3, 0.4) is 0 Å². The maximum atomic E-state index is 11.2. The quantitative estimate of drug-likeness (QED) is 0.219. The van der Waals surface area contributed by atoms with Gasteiger partial charge in [0.2, 0.25) is 0 Å². The van der Waals surface area contributed by atoms with E-state index < -0.39 is 12.2 Å². The molecule has 1 unspecified atom stereocenters. The topological polar surface area (TPSA) is 66.8 Å². The molecule has 0 bridgehead atoms. The molecule has 0 amide bonds. The predicted molar refractivity (Wildman–Crippen MR) is 128 cm³/mol. The molecule has 1 aliphatic rings. The zero-order chi connectivity index (χ0) is 22.9. The fourth-order valence-corrected chi connectivity index (χ4v) is 5.00. The first-order valence-corrected chi connectivity index (χ1v) is 11.8. The second-order valence-electron chi connectivity index (χ2n) is 8.56. The summed E-state index contributed by atoms with van der Waals surface area (Å²) in [7, 11) is 1.40. The van der Waals surface area contributed by atoms with Crippen LogP contribution in [-0.4, -0.2) is 34.8 Å². The van der Waals surface area contributed by atoms with Crippen molar-refractivity contribution in [1.82, 2.24) is 0 Å². The standard InChI is InChI=1S/C27H33ClO4/c1-32-26(31)12-8-3-2-7-11-22-23(28)18-25(30)27(22)21-15-13-20(14-16-21)24(29)17-19-9-5-4-6-10-19/h2,4-7,9-10,13-16,22-25,27,29-30H,3,8,11-12,17-18H2,1H3/b7-2-/t22-,23+,24?,25+,27+/m0/s1.